The van der Waals surface area contributed by atoms with Gasteiger partial charge in [0.05, 0.1) is 11.8 Å². The minimum atomic E-state index is -3.50. The number of nitrogens with zero attached hydrogens (tertiary/aromatic N) is 2. The van der Waals surface area contributed by atoms with Gasteiger partial charge in [-0.25, -0.2) is 17.5 Å². The van der Waals surface area contributed by atoms with Crippen LogP contribution in [-0.4, -0.2) is 104 Å². The van der Waals surface area contributed by atoms with Crippen molar-refractivity contribution in [2.45, 2.75) is 125 Å². The molecule has 0 bridgehead atoms. The first-order valence-corrected chi connectivity index (χ1v) is 19.8. The van der Waals surface area contributed by atoms with E-state index in [1.165, 1.54) is 17.4 Å². The predicted molar refractivity (Wildman–Crippen MR) is 193 cm³/mol. The highest BCUT2D eigenvalue weighted by Gasteiger charge is 2.70. The van der Waals surface area contributed by atoms with Gasteiger partial charge in [0.1, 0.15) is 12.1 Å². The van der Waals surface area contributed by atoms with Gasteiger partial charge in [0.15, 0.2) is 0 Å². The van der Waals surface area contributed by atoms with Crippen molar-refractivity contribution in [3.05, 3.63) is 12.7 Å². The van der Waals surface area contributed by atoms with Gasteiger partial charge in [-0.3, -0.25) is 19.2 Å². The lowest BCUT2D eigenvalue weighted by Crippen LogP contribution is -2.63. The van der Waals surface area contributed by atoms with Gasteiger partial charge in [0, 0.05) is 32.7 Å². The molecule has 3 fully saturated rings. The number of Topliss-reactive ketones (excluding diaryl/α,β-unsaturated/α-hetero) is 1. The molecule has 50 heavy (non-hydrogen) atoms. The van der Waals surface area contributed by atoms with Crippen LogP contribution < -0.4 is 21.3 Å². The van der Waals surface area contributed by atoms with Gasteiger partial charge in [-0.2, -0.15) is 0 Å². The fourth-order valence-electron chi connectivity index (χ4n) is 7.84. The van der Waals surface area contributed by atoms with Crippen LogP contribution in [0.15, 0.2) is 12.7 Å². The van der Waals surface area contributed by atoms with E-state index >= 15 is 0 Å². The molecule has 13 nitrogen and oxygen atoms in total. The molecule has 0 radical (unpaired) electrons. The highest BCUT2D eigenvalue weighted by molar-refractivity contribution is 7.89. The van der Waals surface area contributed by atoms with Crippen LogP contribution in [0.4, 0.5) is 4.79 Å². The molecule has 3 aliphatic rings. The molecule has 14 heteroatoms. The second-order valence-corrected chi connectivity index (χ2v) is 18.8. The predicted octanol–water partition coefficient (Wildman–Crippen LogP) is 2.96. The first kappa shape index (κ1) is 41.4. The first-order valence-electron chi connectivity index (χ1n) is 18.2. The Morgan fingerprint density at radius 3 is 2.16 bits per heavy atom. The van der Waals surface area contributed by atoms with Gasteiger partial charge < -0.3 is 26.2 Å². The van der Waals surface area contributed by atoms with Crippen LogP contribution in [0, 0.1) is 28.1 Å². The Labute approximate surface area is 299 Å². The van der Waals surface area contributed by atoms with Crippen molar-refractivity contribution in [2.24, 2.45) is 28.1 Å². The molecule has 0 aromatic carbocycles. The van der Waals surface area contributed by atoms with Crippen molar-refractivity contribution < 1.29 is 32.4 Å². The summed E-state index contributed by atoms with van der Waals surface area (Å²) in [5.41, 5.74) is -1.30. The summed E-state index contributed by atoms with van der Waals surface area (Å²) in [4.78, 5) is 69.9. The smallest absolute Gasteiger partial charge is 0.315 e. The van der Waals surface area contributed by atoms with Crippen molar-refractivity contribution >= 4 is 39.6 Å². The van der Waals surface area contributed by atoms with E-state index in [-0.39, 0.29) is 48.4 Å². The van der Waals surface area contributed by atoms with Crippen LogP contribution in [0.5, 0.6) is 0 Å². The number of hydrogen-bond donors (Lipinski definition) is 4. The topological polar surface area (TPSA) is 174 Å². The minimum absolute atomic E-state index is 0.0546. The molecule has 1 unspecified atom stereocenters. The molecule has 1 heterocycles. The monoisotopic (exact) mass is 722 g/mol. The van der Waals surface area contributed by atoms with Crippen LogP contribution in [0.1, 0.15) is 100 Å². The second kappa shape index (κ2) is 16.1. The average Bonchev–Trinajstić information content (AvgIpc) is 3.34. The molecule has 6 atom stereocenters. The maximum absolute atomic E-state index is 14.8. The number of sulfonamides is 1. The molecule has 4 N–H and O–H groups in total. The number of likely N-dealkylation sites (N-methyl/N-ethyl adjacent to an activating group) is 1. The zero-order valence-electron chi connectivity index (χ0n) is 31.7. The maximum Gasteiger partial charge on any atom is 0.315 e. The normalized spacial score (nSPS) is 24.3. The summed E-state index contributed by atoms with van der Waals surface area (Å²) in [5.74, 6) is -2.54. The molecule has 0 aromatic heterocycles. The number of hydrogen-bond acceptors (Lipinski definition) is 7. The Kier molecular flexibility index (Phi) is 13.4. The number of fused-ring (bicyclic) bond motifs is 1. The van der Waals surface area contributed by atoms with E-state index < -0.39 is 68.6 Å². The van der Waals surface area contributed by atoms with Crippen LogP contribution in [0.2, 0.25) is 0 Å². The van der Waals surface area contributed by atoms with Crippen molar-refractivity contribution in [1.29, 1.82) is 0 Å². The van der Waals surface area contributed by atoms with Gasteiger partial charge in [0.25, 0.3) is 5.91 Å². The summed E-state index contributed by atoms with van der Waals surface area (Å²) < 4.78 is 26.4. The van der Waals surface area contributed by atoms with Crippen molar-refractivity contribution in [3.63, 3.8) is 0 Å². The summed E-state index contributed by atoms with van der Waals surface area (Å²) in [5, 5.41) is 11.3. The molecule has 5 amide bonds. The van der Waals surface area contributed by atoms with Crippen LogP contribution >= 0.6 is 0 Å². The van der Waals surface area contributed by atoms with E-state index in [0.717, 1.165) is 19.3 Å². The van der Waals surface area contributed by atoms with Gasteiger partial charge >= 0.3 is 6.03 Å². The first-order chi connectivity index (χ1) is 23.2. The molecule has 0 spiro atoms. The Morgan fingerprint density at radius 1 is 1.00 bits per heavy atom. The van der Waals surface area contributed by atoms with E-state index in [4.69, 9.17) is 0 Å². The zero-order valence-corrected chi connectivity index (χ0v) is 32.5. The summed E-state index contributed by atoms with van der Waals surface area (Å²) >= 11 is 0. The summed E-state index contributed by atoms with van der Waals surface area (Å²) in [6.07, 6.45) is 6.50. The number of nitrogens with one attached hydrogen (secondary N) is 4. The van der Waals surface area contributed by atoms with Crippen LogP contribution in [0.3, 0.4) is 0 Å². The van der Waals surface area contributed by atoms with E-state index in [1.807, 2.05) is 34.6 Å². The van der Waals surface area contributed by atoms with E-state index in [2.05, 4.69) is 41.7 Å². The zero-order chi connectivity index (χ0) is 37.8. The number of amides is 5. The van der Waals surface area contributed by atoms with Crippen molar-refractivity contribution in [3.8, 4) is 0 Å². The fourth-order valence-corrected chi connectivity index (χ4v) is 8.66. The Bertz CT molecular complexity index is 1400. The molecular weight excluding hydrogens is 660 g/mol. The lowest BCUT2D eigenvalue weighted by molar-refractivity contribution is -0.146. The molecule has 0 aromatic rings. The molecule has 3 rings (SSSR count). The summed E-state index contributed by atoms with van der Waals surface area (Å²) in [6.45, 7) is 19.4. The third-order valence-corrected chi connectivity index (χ3v) is 13.3. The third-order valence-electron chi connectivity index (χ3n) is 11.4. The fraction of sp³-hybridized carbons (Fsp3) is 0.806. The van der Waals surface area contributed by atoms with Gasteiger partial charge in [-0.1, -0.05) is 80.2 Å². The SMILES string of the molecule is C=CCNC(=O)C(=O)C(CCC)NC(=O)[C@@H]1[C@@H]2[C@H](CN1C(=O)[C@@H](NC(=O)N[C@H](CN(C)S(=O)(=O)CC)C(C)(C)C)C1(C)CCCCC1)C2(C)C. The number of likely N-dealkylation sites (tertiary alicyclic amines) is 1. The number of ketones is 1. The molecule has 2 saturated carbocycles. The van der Waals surface area contributed by atoms with E-state index in [1.54, 1.807) is 11.8 Å². The number of carbonyl (C=O) groups excluding carboxylic acids is 5. The van der Waals surface area contributed by atoms with Crippen LogP contribution in [0.25, 0.3) is 0 Å². The minimum Gasteiger partial charge on any atom is -0.346 e. The number of piperidine rings is 1. The van der Waals surface area contributed by atoms with Gasteiger partial charge in [-0.15, -0.1) is 6.58 Å². The van der Waals surface area contributed by atoms with Crippen molar-refractivity contribution in [1.82, 2.24) is 30.5 Å². The van der Waals surface area contributed by atoms with Gasteiger partial charge in [0.2, 0.25) is 27.6 Å². The highest BCUT2D eigenvalue weighted by atomic mass is 32.2. The van der Waals surface area contributed by atoms with E-state index in [0.29, 0.717) is 25.8 Å². The molecule has 1 saturated heterocycles. The Balaban J connectivity index is 1.91. The molecule has 1 aliphatic heterocycles. The van der Waals surface area contributed by atoms with Crippen molar-refractivity contribution in [2.75, 3.05) is 32.4 Å². The number of carbonyl (C=O) groups is 5. The maximum atomic E-state index is 14.8. The third kappa shape index (κ3) is 9.26. The summed E-state index contributed by atoms with van der Waals surface area (Å²) in [6, 6.07) is -4.02. The molecular formula is C36H62N6O7S. The lowest BCUT2D eigenvalue weighted by Gasteiger charge is -2.43. The van der Waals surface area contributed by atoms with Gasteiger partial charge in [-0.05, 0) is 54.3 Å². The standard InChI is InChI=1S/C36H62N6O7S/c1-11-17-24(28(43)31(45)37-20-12-2)38-30(44)27-26-23(35(26,7)8)21-42(27)32(46)29(36(9)18-15-14-16-19-36)40-33(47)39-25(34(4,5)6)22-41(10)50(48,49)13-3/h12,23-27,29H,2,11,13-22H2,1,3-10H3,(H,37,45)(H,38,44)(H2,39,40,47)/t23-,24?,25+,26-,27-,29+/m0/s1. The van der Waals surface area contributed by atoms with E-state index in [9.17, 15) is 32.4 Å². The Morgan fingerprint density at radius 2 is 1.62 bits per heavy atom. The quantitative estimate of drug-likeness (QED) is 0.140. The highest BCUT2D eigenvalue weighted by Crippen LogP contribution is 2.65. The molecule has 284 valence electrons. The Hall–Kier alpha value is -3.00. The second-order valence-electron chi connectivity index (χ2n) is 16.5. The number of rotatable bonds is 16. The number of urea groups is 1. The average molecular weight is 723 g/mol. The lowest BCUT2D eigenvalue weighted by atomic mass is 9.70. The van der Waals surface area contributed by atoms with Crippen LogP contribution in [-0.2, 0) is 29.2 Å². The summed E-state index contributed by atoms with van der Waals surface area (Å²) in [7, 11) is -2.01. The molecule has 2 aliphatic carbocycles. The largest absolute Gasteiger partial charge is 0.346 e.